The van der Waals surface area contributed by atoms with E-state index in [2.05, 4.69) is 15.0 Å². The van der Waals surface area contributed by atoms with E-state index in [1.54, 1.807) is 12.1 Å². The molecular weight excluding hydrogens is 386 g/mol. The molecule has 0 aliphatic rings. The lowest BCUT2D eigenvalue weighted by Crippen LogP contribution is -2.44. The number of carbonyl (C=O) groups excluding carboxylic acids is 1. The quantitative estimate of drug-likeness (QED) is 0.629. The largest absolute Gasteiger partial charge is 0.497 e. The number of amides is 1. The van der Waals surface area contributed by atoms with Gasteiger partial charge in [0, 0.05) is 0 Å². The lowest BCUT2D eigenvalue weighted by atomic mass is 10.3. The Morgan fingerprint density at radius 2 is 1.89 bits per heavy atom. The Morgan fingerprint density at radius 1 is 1.19 bits per heavy atom. The summed E-state index contributed by atoms with van der Waals surface area (Å²) in [4.78, 5) is 16.8. The zero-order valence-corrected chi connectivity index (χ0v) is 16.4. The molecule has 0 aliphatic heterocycles. The minimum absolute atomic E-state index is 0.0640. The van der Waals surface area contributed by atoms with E-state index in [-0.39, 0.29) is 11.4 Å². The number of methoxy groups -OCH3 is 1. The number of carbonyl (C=O) groups is 1. The van der Waals surface area contributed by atoms with Crippen LogP contribution >= 0.6 is 11.3 Å². The van der Waals surface area contributed by atoms with Gasteiger partial charge in [-0.15, -0.1) is 11.3 Å². The van der Waals surface area contributed by atoms with E-state index in [9.17, 15) is 13.2 Å². The number of hydrogen-bond donors (Lipinski definition) is 2. The molecule has 142 valence electrons. The summed E-state index contributed by atoms with van der Waals surface area (Å²) in [5.74, 6) is 0.127. The van der Waals surface area contributed by atoms with Gasteiger partial charge in [-0.3, -0.25) is 4.79 Å². The summed E-state index contributed by atoms with van der Waals surface area (Å²) in [6.45, 7) is 1.74. The van der Waals surface area contributed by atoms with Crippen LogP contribution in [0.25, 0.3) is 10.2 Å². The predicted molar refractivity (Wildman–Crippen MR) is 104 cm³/mol. The van der Waals surface area contributed by atoms with Crippen molar-refractivity contribution in [3.05, 3.63) is 53.5 Å². The SMILES string of the molecule is COc1ccc(S(=O)(=O)N[C@H](C)C(=O)NCc2nc3ccccc3s2)cc1. The van der Waals surface area contributed by atoms with Gasteiger partial charge in [0.15, 0.2) is 0 Å². The second-order valence-corrected chi connectivity index (χ2v) is 8.64. The van der Waals surface area contributed by atoms with Crippen molar-refractivity contribution in [2.24, 2.45) is 0 Å². The first-order valence-electron chi connectivity index (χ1n) is 8.17. The number of rotatable bonds is 7. The first-order valence-corrected chi connectivity index (χ1v) is 10.5. The zero-order valence-electron chi connectivity index (χ0n) is 14.8. The standard InChI is InChI=1S/C18H19N3O4S2/c1-12(21-27(23,24)14-9-7-13(25-2)8-10-14)18(22)19-11-17-20-15-5-3-4-6-16(15)26-17/h3-10,12,21H,11H2,1-2H3,(H,19,22)/t12-/m1/s1. The summed E-state index contributed by atoms with van der Waals surface area (Å²) in [5, 5.41) is 3.47. The van der Waals surface area contributed by atoms with E-state index in [0.29, 0.717) is 5.75 Å². The predicted octanol–water partition coefficient (Wildman–Crippen LogP) is 2.29. The van der Waals surface area contributed by atoms with Gasteiger partial charge >= 0.3 is 0 Å². The maximum absolute atomic E-state index is 12.4. The molecule has 7 nitrogen and oxygen atoms in total. The highest BCUT2D eigenvalue weighted by molar-refractivity contribution is 7.89. The normalized spacial score (nSPS) is 12.7. The van der Waals surface area contributed by atoms with Gasteiger partial charge in [-0.25, -0.2) is 13.4 Å². The van der Waals surface area contributed by atoms with Crippen LogP contribution in [0.3, 0.4) is 0 Å². The summed E-state index contributed by atoms with van der Waals surface area (Å²) in [6.07, 6.45) is 0. The molecule has 1 aromatic heterocycles. The molecule has 0 saturated carbocycles. The fraction of sp³-hybridized carbons (Fsp3) is 0.222. The molecule has 0 aliphatic carbocycles. The molecule has 1 amide bonds. The molecule has 9 heteroatoms. The van der Waals surface area contributed by atoms with Crippen molar-refractivity contribution in [1.29, 1.82) is 0 Å². The van der Waals surface area contributed by atoms with E-state index >= 15 is 0 Å². The Balaban J connectivity index is 1.60. The van der Waals surface area contributed by atoms with Gasteiger partial charge in [-0.1, -0.05) is 12.1 Å². The summed E-state index contributed by atoms with van der Waals surface area (Å²) in [6, 6.07) is 12.7. The Hall–Kier alpha value is -2.49. The van der Waals surface area contributed by atoms with Gasteiger partial charge in [0.25, 0.3) is 0 Å². The molecular formula is C18H19N3O4S2. The Bertz CT molecular complexity index is 1010. The second-order valence-electron chi connectivity index (χ2n) is 5.81. The van der Waals surface area contributed by atoms with Crippen LogP contribution in [-0.4, -0.2) is 32.5 Å². The van der Waals surface area contributed by atoms with E-state index in [0.717, 1.165) is 15.2 Å². The number of thiazole rings is 1. The molecule has 0 unspecified atom stereocenters. The fourth-order valence-corrected chi connectivity index (χ4v) is 4.53. The summed E-state index contributed by atoms with van der Waals surface area (Å²) in [5.41, 5.74) is 0.875. The first kappa shape index (κ1) is 19.3. The maximum atomic E-state index is 12.4. The molecule has 3 aromatic rings. The van der Waals surface area contributed by atoms with E-state index in [4.69, 9.17) is 4.74 Å². The summed E-state index contributed by atoms with van der Waals surface area (Å²) in [7, 11) is -2.31. The summed E-state index contributed by atoms with van der Waals surface area (Å²) < 4.78 is 33.2. The van der Waals surface area contributed by atoms with Crippen LogP contribution in [0.1, 0.15) is 11.9 Å². The minimum atomic E-state index is -3.81. The molecule has 0 radical (unpaired) electrons. The van der Waals surface area contributed by atoms with Crippen LogP contribution < -0.4 is 14.8 Å². The third-order valence-electron chi connectivity index (χ3n) is 3.85. The number of nitrogens with one attached hydrogen (secondary N) is 2. The molecule has 0 spiro atoms. The molecule has 27 heavy (non-hydrogen) atoms. The molecule has 3 rings (SSSR count). The van der Waals surface area contributed by atoms with Gasteiger partial charge in [0.2, 0.25) is 15.9 Å². The van der Waals surface area contributed by atoms with Crippen LogP contribution in [0.2, 0.25) is 0 Å². The minimum Gasteiger partial charge on any atom is -0.497 e. The zero-order chi connectivity index (χ0) is 19.4. The number of aromatic nitrogens is 1. The topological polar surface area (TPSA) is 97.4 Å². The number of nitrogens with zero attached hydrogens (tertiary/aromatic N) is 1. The van der Waals surface area contributed by atoms with E-state index in [1.807, 2.05) is 24.3 Å². The highest BCUT2D eigenvalue weighted by atomic mass is 32.2. The highest BCUT2D eigenvalue weighted by Crippen LogP contribution is 2.21. The van der Waals surface area contributed by atoms with Crippen molar-refractivity contribution in [3.8, 4) is 5.75 Å². The molecule has 0 fully saturated rings. The van der Waals surface area contributed by atoms with E-state index < -0.39 is 22.0 Å². The van der Waals surface area contributed by atoms with Crippen molar-refractivity contribution >= 4 is 37.5 Å². The van der Waals surface area contributed by atoms with Crippen LogP contribution in [0.5, 0.6) is 5.75 Å². The van der Waals surface area contributed by atoms with Gasteiger partial charge in [-0.05, 0) is 43.3 Å². The smallest absolute Gasteiger partial charge is 0.241 e. The average Bonchev–Trinajstić information content (AvgIpc) is 3.08. The molecule has 1 atom stereocenters. The van der Waals surface area contributed by atoms with Crippen LogP contribution in [0, 0.1) is 0 Å². The number of ether oxygens (including phenoxy) is 1. The Kier molecular flexibility index (Phi) is 5.73. The Morgan fingerprint density at radius 3 is 2.56 bits per heavy atom. The lowest BCUT2D eigenvalue weighted by molar-refractivity contribution is -0.122. The number of benzene rings is 2. The molecule has 2 N–H and O–H groups in total. The number of fused-ring (bicyclic) bond motifs is 1. The van der Waals surface area contributed by atoms with Gasteiger partial charge in [0.1, 0.15) is 10.8 Å². The van der Waals surface area contributed by atoms with Crippen molar-refractivity contribution in [3.63, 3.8) is 0 Å². The van der Waals surface area contributed by atoms with Gasteiger partial charge in [-0.2, -0.15) is 4.72 Å². The van der Waals surface area contributed by atoms with Gasteiger partial charge < -0.3 is 10.1 Å². The molecule has 0 bridgehead atoms. The van der Waals surface area contributed by atoms with E-state index in [1.165, 1.54) is 37.5 Å². The second kappa shape index (κ2) is 8.03. The van der Waals surface area contributed by atoms with Crippen LogP contribution in [0.4, 0.5) is 0 Å². The molecule has 1 heterocycles. The molecule has 0 saturated heterocycles. The van der Waals surface area contributed by atoms with Gasteiger partial charge in [0.05, 0.1) is 34.8 Å². The van der Waals surface area contributed by atoms with Crippen molar-refractivity contribution in [1.82, 2.24) is 15.0 Å². The lowest BCUT2D eigenvalue weighted by Gasteiger charge is -2.14. The molecule has 2 aromatic carbocycles. The monoisotopic (exact) mass is 405 g/mol. The number of sulfonamides is 1. The first-order chi connectivity index (χ1) is 12.9. The third kappa shape index (κ3) is 4.62. The summed E-state index contributed by atoms with van der Waals surface area (Å²) >= 11 is 1.49. The Labute approximate surface area is 161 Å². The maximum Gasteiger partial charge on any atom is 0.241 e. The van der Waals surface area contributed by atoms with Crippen molar-refractivity contribution < 1.29 is 17.9 Å². The third-order valence-corrected chi connectivity index (χ3v) is 6.44. The van der Waals surface area contributed by atoms with Crippen LogP contribution in [0.15, 0.2) is 53.4 Å². The number of para-hydroxylation sites is 1. The fourth-order valence-electron chi connectivity index (χ4n) is 2.42. The van der Waals surface area contributed by atoms with Crippen LogP contribution in [-0.2, 0) is 21.4 Å². The highest BCUT2D eigenvalue weighted by Gasteiger charge is 2.22. The van der Waals surface area contributed by atoms with Crippen molar-refractivity contribution in [2.75, 3.05) is 7.11 Å². The van der Waals surface area contributed by atoms with Crippen molar-refractivity contribution in [2.45, 2.75) is 24.4 Å². The average molecular weight is 406 g/mol. The number of hydrogen-bond acceptors (Lipinski definition) is 6.